The molecule has 0 aliphatic heterocycles. The van der Waals surface area contributed by atoms with Crippen molar-refractivity contribution in [2.24, 2.45) is 0 Å². The van der Waals surface area contributed by atoms with E-state index in [2.05, 4.69) is 13.8 Å². The first-order valence-corrected chi connectivity index (χ1v) is 13.6. The van der Waals surface area contributed by atoms with Crippen LogP contribution in [0.2, 0.25) is 0 Å². The SMILES string of the molecule is CCCCCCCCCCCCCC(O)C(O)CCCCCCCCCCCC. The molecule has 0 fully saturated rings. The van der Waals surface area contributed by atoms with Crippen molar-refractivity contribution >= 4 is 0 Å². The first-order valence-electron chi connectivity index (χ1n) is 13.6. The Kier molecular flexibility index (Phi) is 24.1. The van der Waals surface area contributed by atoms with Gasteiger partial charge in [-0.3, -0.25) is 0 Å². The standard InChI is InChI=1S/C27H56O2/c1-3-5-7-9-11-13-15-17-19-21-23-25-27(29)26(28)24-22-20-18-16-14-12-10-8-6-4-2/h26-29H,3-25H2,1-2H3. The van der Waals surface area contributed by atoms with Crippen LogP contribution in [0.4, 0.5) is 0 Å². The lowest BCUT2D eigenvalue weighted by atomic mass is 9.99. The Morgan fingerprint density at radius 2 is 0.552 bits per heavy atom. The van der Waals surface area contributed by atoms with Gasteiger partial charge in [0.05, 0.1) is 12.2 Å². The second kappa shape index (κ2) is 24.2. The summed E-state index contributed by atoms with van der Waals surface area (Å²) in [5.74, 6) is 0. The molecule has 0 saturated heterocycles. The molecule has 0 aliphatic rings. The van der Waals surface area contributed by atoms with Crippen LogP contribution in [0.5, 0.6) is 0 Å². The number of hydrogen-bond acceptors (Lipinski definition) is 2. The van der Waals surface area contributed by atoms with Crippen LogP contribution >= 0.6 is 0 Å². The molecule has 0 bridgehead atoms. The highest BCUT2D eigenvalue weighted by Crippen LogP contribution is 2.16. The lowest BCUT2D eigenvalue weighted by Crippen LogP contribution is -2.25. The van der Waals surface area contributed by atoms with E-state index in [1.54, 1.807) is 0 Å². The minimum absolute atomic E-state index is 0.507. The topological polar surface area (TPSA) is 40.5 Å². The molecule has 0 radical (unpaired) electrons. The Morgan fingerprint density at radius 1 is 0.345 bits per heavy atom. The summed E-state index contributed by atoms with van der Waals surface area (Å²) in [4.78, 5) is 0. The van der Waals surface area contributed by atoms with Crippen LogP contribution in [-0.2, 0) is 0 Å². The average Bonchev–Trinajstić information content (AvgIpc) is 2.73. The van der Waals surface area contributed by atoms with Gasteiger partial charge in [0.15, 0.2) is 0 Å². The van der Waals surface area contributed by atoms with E-state index in [0.717, 1.165) is 25.7 Å². The van der Waals surface area contributed by atoms with Gasteiger partial charge in [-0.25, -0.2) is 0 Å². The molecule has 0 saturated carbocycles. The fourth-order valence-electron chi connectivity index (χ4n) is 4.24. The number of rotatable bonds is 24. The lowest BCUT2D eigenvalue weighted by molar-refractivity contribution is 0.00711. The van der Waals surface area contributed by atoms with Crippen molar-refractivity contribution in [1.29, 1.82) is 0 Å². The number of aliphatic hydroxyl groups is 2. The molecule has 2 N–H and O–H groups in total. The van der Waals surface area contributed by atoms with E-state index in [1.807, 2.05) is 0 Å². The van der Waals surface area contributed by atoms with Crippen molar-refractivity contribution in [3.8, 4) is 0 Å². The van der Waals surface area contributed by atoms with Crippen molar-refractivity contribution in [2.45, 2.75) is 174 Å². The van der Waals surface area contributed by atoms with Crippen molar-refractivity contribution in [2.75, 3.05) is 0 Å². The Morgan fingerprint density at radius 3 is 0.793 bits per heavy atom. The summed E-state index contributed by atoms with van der Waals surface area (Å²) < 4.78 is 0. The van der Waals surface area contributed by atoms with Crippen LogP contribution in [0, 0.1) is 0 Å². The van der Waals surface area contributed by atoms with Crippen LogP contribution in [-0.4, -0.2) is 22.4 Å². The summed E-state index contributed by atoms with van der Waals surface area (Å²) in [6.45, 7) is 4.54. The molecule has 2 nitrogen and oxygen atoms in total. The Hall–Kier alpha value is -0.0800. The zero-order valence-electron chi connectivity index (χ0n) is 20.3. The van der Waals surface area contributed by atoms with Gasteiger partial charge >= 0.3 is 0 Å². The van der Waals surface area contributed by atoms with E-state index in [-0.39, 0.29) is 0 Å². The molecule has 0 rings (SSSR count). The number of hydrogen-bond donors (Lipinski definition) is 2. The molecule has 0 amide bonds. The smallest absolute Gasteiger partial charge is 0.0799 e. The predicted octanol–water partition coefficient (Wildman–Crippen LogP) is 8.72. The van der Waals surface area contributed by atoms with E-state index >= 15 is 0 Å². The minimum Gasteiger partial charge on any atom is -0.390 e. The molecule has 0 spiro atoms. The third kappa shape index (κ3) is 22.4. The molecule has 2 atom stereocenters. The van der Waals surface area contributed by atoms with E-state index < -0.39 is 12.2 Å². The summed E-state index contributed by atoms with van der Waals surface area (Å²) in [6.07, 6.45) is 28.3. The molecule has 0 heterocycles. The van der Waals surface area contributed by atoms with E-state index in [1.165, 1.54) is 122 Å². The monoisotopic (exact) mass is 412 g/mol. The van der Waals surface area contributed by atoms with Gasteiger partial charge in [-0.05, 0) is 12.8 Å². The first-order chi connectivity index (χ1) is 14.2. The van der Waals surface area contributed by atoms with Crippen molar-refractivity contribution in [1.82, 2.24) is 0 Å². The average molecular weight is 413 g/mol. The first kappa shape index (κ1) is 28.9. The highest BCUT2D eigenvalue weighted by Gasteiger charge is 2.15. The molecule has 0 aromatic carbocycles. The predicted molar refractivity (Wildman–Crippen MR) is 130 cm³/mol. The van der Waals surface area contributed by atoms with Gasteiger partial charge in [0, 0.05) is 0 Å². The van der Waals surface area contributed by atoms with Gasteiger partial charge in [0.25, 0.3) is 0 Å². The molecular weight excluding hydrogens is 356 g/mol. The molecule has 0 aromatic heterocycles. The van der Waals surface area contributed by atoms with Crippen LogP contribution in [0.1, 0.15) is 162 Å². The van der Waals surface area contributed by atoms with Crippen LogP contribution in [0.3, 0.4) is 0 Å². The van der Waals surface area contributed by atoms with E-state index in [0.29, 0.717) is 0 Å². The van der Waals surface area contributed by atoms with Crippen molar-refractivity contribution in [3.63, 3.8) is 0 Å². The van der Waals surface area contributed by atoms with Gasteiger partial charge in [0.1, 0.15) is 0 Å². The Bertz CT molecular complexity index is 292. The zero-order chi connectivity index (χ0) is 21.4. The van der Waals surface area contributed by atoms with Crippen molar-refractivity contribution in [3.05, 3.63) is 0 Å². The molecule has 0 aliphatic carbocycles. The second-order valence-corrected chi connectivity index (χ2v) is 9.43. The summed E-state index contributed by atoms with van der Waals surface area (Å²) in [6, 6.07) is 0. The lowest BCUT2D eigenvalue weighted by Gasteiger charge is -2.17. The van der Waals surface area contributed by atoms with Crippen LogP contribution in [0.15, 0.2) is 0 Å². The molecule has 176 valence electrons. The van der Waals surface area contributed by atoms with Crippen LogP contribution < -0.4 is 0 Å². The summed E-state index contributed by atoms with van der Waals surface area (Å²) in [7, 11) is 0. The van der Waals surface area contributed by atoms with Gasteiger partial charge in [-0.15, -0.1) is 0 Å². The van der Waals surface area contributed by atoms with E-state index in [4.69, 9.17) is 0 Å². The fraction of sp³-hybridized carbons (Fsp3) is 1.00. The second-order valence-electron chi connectivity index (χ2n) is 9.43. The minimum atomic E-state index is -0.507. The molecule has 2 unspecified atom stereocenters. The highest BCUT2D eigenvalue weighted by atomic mass is 16.3. The molecular formula is C27H56O2. The Labute approximate surface area is 184 Å². The molecule has 0 aromatic rings. The van der Waals surface area contributed by atoms with Gasteiger partial charge in [-0.1, -0.05) is 149 Å². The third-order valence-corrected chi connectivity index (χ3v) is 6.40. The summed E-state index contributed by atoms with van der Waals surface area (Å²) in [5.41, 5.74) is 0. The number of aliphatic hydroxyl groups excluding tert-OH is 2. The molecule has 2 heteroatoms. The van der Waals surface area contributed by atoms with Gasteiger partial charge in [0.2, 0.25) is 0 Å². The maximum absolute atomic E-state index is 10.2. The van der Waals surface area contributed by atoms with Crippen LogP contribution in [0.25, 0.3) is 0 Å². The maximum atomic E-state index is 10.2. The summed E-state index contributed by atoms with van der Waals surface area (Å²) >= 11 is 0. The number of unbranched alkanes of at least 4 members (excludes halogenated alkanes) is 19. The maximum Gasteiger partial charge on any atom is 0.0799 e. The fourth-order valence-corrected chi connectivity index (χ4v) is 4.24. The normalized spacial score (nSPS) is 13.7. The van der Waals surface area contributed by atoms with Crippen molar-refractivity contribution < 1.29 is 10.2 Å². The third-order valence-electron chi connectivity index (χ3n) is 6.40. The van der Waals surface area contributed by atoms with Gasteiger partial charge in [-0.2, -0.15) is 0 Å². The Balaban J connectivity index is 3.30. The van der Waals surface area contributed by atoms with E-state index in [9.17, 15) is 10.2 Å². The molecule has 29 heavy (non-hydrogen) atoms. The quantitative estimate of drug-likeness (QED) is 0.156. The van der Waals surface area contributed by atoms with Gasteiger partial charge < -0.3 is 10.2 Å². The largest absolute Gasteiger partial charge is 0.390 e. The highest BCUT2D eigenvalue weighted by molar-refractivity contribution is 4.67. The summed E-state index contributed by atoms with van der Waals surface area (Å²) in [5, 5.41) is 20.3. The zero-order valence-corrected chi connectivity index (χ0v) is 20.3.